The van der Waals surface area contributed by atoms with Crippen molar-refractivity contribution in [2.45, 2.75) is 43.6 Å². The minimum Gasteiger partial charge on any atom is -0.378 e. The molecule has 0 amide bonds. The number of halogens is 2. The summed E-state index contributed by atoms with van der Waals surface area (Å²) in [6.45, 7) is 3.63. The molecule has 2 aliphatic carbocycles. The summed E-state index contributed by atoms with van der Waals surface area (Å²) in [7, 11) is 0. The van der Waals surface area contributed by atoms with E-state index in [0.29, 0.717) is 16.0 Å². The zero-order valence-corrected chi connectivity index (χ0v) is 15.9. The molecule has 25 heavy (non-hydrogen) atoms. The molecular weight excluding hydrogens is 355 g/mol. The van der Waals surface area contributed by atoms with Crippen molar-refractivity contribution in [1.29, 1.82) is 0 Å². The standard InChI is InChI=1S/C20H24Cl2N2O/c21-16-4-2-14(12-17(16)22)19-13-1-3-15(11-13)20(19)6-5-18(23-20)24-7-9-25-10-8-24/h2,4,12-13,15,19H,1,3,5-11H2. The number of ether oxygens (including phenoxy) is 1. The van der Waals surface area contributed by atoms with E-state index in [-0.39, 0.29) is 5.54 Å². The van der Waals surface area contributed by atoms with Gasteiger partial charge in [-0.15, -0.1) is 0 Å². The van der Waals surface area contributed by atoms with Crippen molar-refractivity contribution in [1.82, 2.24) is 4.90 Å². The van der Waals surface area contributed by atoms with Crippen molar-refractivity contribution in [2.24, 2.45) is 16.8 Å². The third-order valence-corrected chi connectivity index (χ3v) is 7.69. The van der Waals surface area contributed by atoms with Gasteiger partial charge < -0.3 is 9.64 Å². The first-order valence-electron chi connectivity index (χ1n) is 9.54. The first-order valence-corrected chi connectivity index (χ1v) is 10.3. The van der Waals surface area contributed by atoms with Gasteiger partial charge in [0.15, 0.2) is 0 Å². The van der Waals surface area contributed by atoms with Gasteiger partial charge in [0.2, 0.25) is 0 Å². The highest BCUT2D eigenvalue weighted by molar-refractivity contribution is 6.42. The average molecular weight is 379 g/mol. The van der Waals surface area contributed by atoms with Gasteiger partial charge in [-0.2, -0.15) is 0 Å². The summed E-state index contributed by atoms with van der Waals surface area (Å²) >= 11 is 12.5. The zero-order chi connectivity index (χ0) is 17.0. The van der Waals surface area contributed by atoms with Crippen LogP contribution in [0.4, 0.5) is 0 Å². The number of aliphatic imine (C=N–C) groups is 1. The molecule has 4 atom stereocenters. The maximum absolute atomic E-state index is 6.35. The Morgan fingerprint density at radius 3 is 2.76 bits per heavy atom. The molecule has 4 aliphatic rings. The smallest absolute Gasteiger partial charge is 0.0998 e. The molecule has 3 nitrogen and oxygen atoms in total. The molecule has 2 heterocycles. The van der Waals surface area contributed by atoms with Crippen molar-refractivity contribution >= 4 is 29.0 Å². The normalized spacial score (nSPS) is 37.1. The Kier molecular flexibility index (Phi) is 4.03. The second-order valence-corrected chi connectivity index (χ2v) is 8.85. The van der Waals surface area contributed by atoms with Crippen LogP contribution < -0.4 is 0 Å². The Morgan fingerprint density at radius 1 is 1.12 bits per heavy atom. The lowest BCUT2D eigenvalue weighted by Crippen LogP contribution is -2.41. The fraction of sp³-hybridized carbons (Fsp3) is 0.650. The van der Waals surface area contributed by atoms with E-state index < -0.39 is 0 Å². The number of benzene rings is 1. The van der Waals surface area contributed by atoms with Crippen LogP contribution in [-0.4, -0.2) is 42.6 Å². The van der Waals surface area contributed by atoms with E-state index in [9.17, 15) is 0 Å². The maximum Gasteiger partial charge on any atom is 0.0998 e. The molecule has 0 aromatic heterocycles. The van der Waals surface area contributed by atoms with Crippen LogP contribution in [0.3, 0.4) is 0 Å². The fourth-order valence-corrected chi connectivity index (χ4v) is 6.24. The summed E-state index contributed by atoms with van der Waals surface area (Å²) in [6.07, 6.45) is 6.29. The SMILES string of the molecule is Clc1ccc(C2C3CCC(C3)C23CCC(N2CCOCC2)=N3)cc1Cl. The van der Waals surface area contributed by atoms with Gasteiger partial charge in [0, 0.05) is 25.4 Å². The number of hydrogen-bond donors (Lipinski definition) is 0. The third kappa shape index (κ3) is 2.54. The predicted molar refractivity (Wildman–Crippen MR) is 102 cm³/mol. The van der Waals surface area contributed by atoms with E-state index in [0.717, 1.165) is 44.6 Å². The number of fused-ring (bicyclic) bond motifs is 3. The fourth-order valence-electron chi connectivity index (χ4n) is 5.94. The van der Waals surface area contributed by atoms with Gasteiger partial charge >= 0.3 is 0 Å². The highest BCUT2D eigenvalue weighted by atomic mass is 35.5. The lowest BCUT2D eigenvalue weighted by molar-refractivity contribution is 0.0674. The van der Waals surface area contributed by atoms with Gasteiger partial charge in [-0.05, 0) is 55.2 Å². The molecule has 2 saturated carbocycles. The molecule has 0 N–H and O–H groups in total. The highest BCUT2D eigenvalue weighted by Gasteiger charge is 2.60. The second kappa shape index (κ2) is 6.14. The van der Waals surface area contributed by atoms with Crippen LogP contribution in [0.2, 0.25) is 10.0 Å². The van der Waals surface area contributed by atoms with Gasteiger partial charge in [0.25, 0.3) is 0 Å². The van der Waals surface area contributed by atoms with Crippen molar-refractivity contribution < 1.29 is 4.74 Å². The summed E-state index contributed by atoms with van der Waals surface area (Å²) in [5.41, 5.74) is 1.43. The summed E-state index contributed by atoms with van der Waals surface area (Å²) < 4.78 is 5.52. The predicted octanol–water partition coefficient (Wildman–Crippen LogP) is 4.77. The Labute approximate surface area is 159 Å². The lowest BCUT2D eigenvalue weighted by atomic mass is 9.69. The van der Waals surface area contributed by atoms with Crippen LogP contribution >= 0.6 is 23.2 Å². The van der Waals surface area contributed by atoms with Gasteiger partial charge in [-0.1, -0.05) is 29.3 Å². The molecule has 2 bridgehead atoms. The summed E-state index contributed by atoms with van der Waals surface area (Å²) in [5.74, 6) is 3.30. The molecule has 134 valence electrons. The van der Waals surface area contributed by atoms with Crippen LogP contribution in [-0.2, 0) is 4.74 Å². The van der Waals surface area contributed by atoms with Gasteiger partial charge in [0.1, 0.15) is 0 Å². The molecule has 1 saturated heterocycles. The molecule has 3 fully saturated rings. The first-order chi connectivity index (χ1) is 12.2. The molecule has 2 aliphatic heterocycles. The van der Waals surface area contributed by atoms with Crippen LogP contribution in [0.15, 0.2) is 23.2 Å². The van der Waals surface area contributed by atoms with Crippen molar-refractivity contribution in [3.8, 4) is 0 Å². The lowest BCUT2D eigenvalue weighted by Gasteiger charge is -2.39. The molecule has 1 aromatic rings. The summed E-state index contributed by atoms with van der Waals surface area (Å²) in [4.78, 5) is 7.90. The molecule has 5 rings (SSSR count). The Morgan fingerprint density at radius 2 is 1.96 bits per heavy atom. The number of amidine groups is 1. The Bertz CT molecular complexity index is 716. The van der Waals surface area contributed by atoms with Crippen LogP contribution in [0.25, 0.3) is 0 Å². The molecule has 5 heteroatoms. The number of hydrogen-bond acceptors (Lipinski definition) is 3. The number of morpholine rings is 1. The Hall–Kier alpha value is -0.770. The number of rotatable bonds is 1. The second-order valence-electron chi connectivity index (χ2n) is 8.04. The summed E-state index contributed by atoms with van der Waals surface area (Å²) in [6, 6.07) is 6.24. The van der Waals surface area contributed by atoms with E-state index in [1.165, 1.54) is 37.1 Å². The largest absolute Gasteiger partial charge is 0.378 e. The molecule has 4 unspecified atom stereocenters. The molecule has 1 spiro atoms. The van der Waals surface area contributed by atoms with Crippen LogP contribution in [0.5, 0.6) is 0 Å². The van der Waals surface area contributed by atoms with E-state index in [1.807, 2.05) is 6.07 Å². The van der Waals surface area contributed by atoms with E-state index in [4.69, 9.17) is 32.9 Å². The first kappa shape index (κ1) is 16.4. The minimum atomic E-state index is 0.0910. The van der Waals surface area contributed by atoms with Crippen LogP contribution in [0, 0.1) is 11.8 Å². The number of nitrogens with zero attached hydrogens (tertiary/aromatic N) is 2. The van der Waals surface area contributed by atoms with E-state index >= 15 is 0 Å². The van der Waals surface area contributed by atoms with Gasteiger partial charge in [-0.3, -0.25) is 4.99 Å². The van der Waals surface area contributed by atoms with Gasteiger partial charge in [0.05, 0.1) is 34.6 Å². The molecule has 1 aromatic carbocycles. The molecule has 0 radical (unpaired) electrons. The average Bonchev–Trinajstić information content (AvgIpc) is 3.34. The Balaban J connectivity index is 1.52. The maximum atomic E-state index is 6.35. The quantitative estimate of drug-likeness (QED) is 0.702. The van der Waals surface area contributed by atoms with Gasteiger partial charge in [-0.25, -0.2) is 0 Å². The van der Waals surface area contributed by atoms with E-state index in [1.54, 1.807) is 0 Å². The topological polar surface area (TPSA) is 24.8 Å². The third-order valence-electron chi connectivity index (χ3n) is 6.96. The van der Waals surface area contributed by atoms with Crippen molar-refractivity contribution in [2.75, 3.05) is 26.3 Å². The van der Waals surface area contributed by atoms with Crippen molar-refractivity contribution in [3.63, 3.8) is 0 Å². The minimum absolute atomic E-state index is 0.0910. The highest BCUT2D eigenvalue weighted by Crippen LogP contribution is 2.63. The molecular formula is C20H24Cl2N2O. The summed E-state index contributed by atoms with van der Waals surface area (Å²) in [5, 5.41) is 1.32. The van der Waals surface area contributed by atoms with E-state index in [2.05, 4.69) is 17.0 Å². The zero-order valence-electron chi connectivity index (χ0n) is 14.4. The van der Waals surface area contributed by atoms with Crippen molar-refractivity contribution in [3.05, 3.63) is 33.8 Å². The van der Waals surface area contributed by atoms with Crippen LogP contribution in [0.1, 0.15) is 43.6 Å². The monoisotopic (exact) mass is 378 g/mol.